The van der Waals surface area contributed by atoms with Crippen molar-refractivity contribution in [3.05, 3.63) is 0 Å². The van der Waals surface area contributed by atoms with Crippen molar-refractivity contribution in [1.29, 1.82) is 0 Å². The fourth-order valence-corrected chi connectivity index (χ4v) is 1.81. The van der Waals surface area contributed by atoms with Gasteiger partial charge in [-0.2, -0.15) is 0 Å². The van der Waals surface area contributed by atoms with Crippen LogP contribution in [0, 0.1) is 10.8 Å². The van der Waals surface area contributed by atoms with Gasteiger partial charge in [0.15, 0.2) is 0 Å². The molecule has 1 heterocycles. The van der Waals surface area contributed by atoms with Crippen LogP contribution in [-0.4, -0.2) is 19.3 Å². The van der Waals surface area contributed by atoms with E-state index in [1.165, 1.54) is 0 Å². The molecule has 1 aliphatic rings. The van der Waals surface area contributed by atoms with Crippen molar-refractivity contribution < 1.29 is 4.74 Å². The van der Waals surface area contributed by atoms with Gasteiger partial charge in [-0.05, 0) is 0 Å². The molecular formula is C9H19NO. The van der Waals surface area contributed by atoms with Gasteiger partial charge in [0, 0.05) is 16.9 Å². The van der Waals surface area contributed by atoms with E-state index in [2.05, 4.69) is 27.7 Å². The summed E-state index contributed by atoms with van der Waals surface area (Å²) in [4.78, 5) is 0. The topological polar surface area (TPSA) is 35.2 Å². The first-order valence-electron chi connectivity index (χ1n) is 4.20. The summed E-state index contributed by atoms with van der Waals surface area (Å²) in [6.45, 7) is 10.2. The van der Waals surface area contributed by atoms with E-state index in [1.807, 2.05) is 0 Å². The van der Waals surface area contributed by atoms with Gasteiger partial charge in [0.05, 0.1) is 13.2 Å². The monoisotopic (exact) mass is 157 g/mol. The predicted molar refractivity (Wildman–Crippen MR) is 46.4 cm³/mol. The van der Waals surface area contributed by atoms with E-state index in [0.29, 0.717) is 0 Å². The summed E-state index contributed by atoms with van der Waals surface area (Å²) < 4.78 is 5.49. The molecule has 0 spiro atoms. The van der Waals surface area contributed by atoms with Crippen molar-refractivity contribution in [2.45, 2.75) is 33.7 Å². The first-order chi connectivity index (χ1) is 4.86. The summed E-state index contributed by atoms with van der Waals surface area (Å²) >= 11 is 0. The molecule has 1 saturated heterocycles. The summed E-state index contributed by atoms with van der Waals surface area (Å²) in [6, 6.07) is 0.240. The molecule has 11 heavy (non-hydrogen) atoms. The van der Waals surface area contributed by atoms with E-state index < -0.39 is 0 Å². The van der Waals surface area contributed by atoms with Crippen molar-refractivity contribution >= 4 is 0 Å². The number of nitrogens with two attached hydrogens (primary N) is 1. The lowest BCUT2D eigenvalue weighted by molar-refractivity contribution is -0.0777. The molecule has 0 aromatic carbocycles. The summed E-state index contributed by atoms with van der Waals surface area (Å²) in [6.07, 6.45) is 0. The molecule has 0 saturated carbocycles. The molecule has 2 N–H and O–H groups in total. The van der Waals surface area contributed by atoms with Crippen LogP contribution in [0.3, 0.4) is 0 Å². The second-order valence-electron chi connectivity index (χ2n) is 4.95. The Morgan fingerprint density at radius 2 is 1.45 bits per heavy atom. The van der Waals surface area contributed by atoms with Crippen molar-refractivity contribution in [2.75, 3.05) is 13.2 Å². The first kappa shape index (κ1) is 9.01. The fourth-order valence-electron chi connectivity index (χ4n) is 1.81. The van der Waals surface area contributed by atoms with Gasteiger partial charge in [-0.3, -0.25) is 0 Å². The fraction of sp³-hybridized carbons (Fsp3) is 1.00. The van der Waals surface area contributed by atoms with Crippen LogP contribution in [0.2, 0.25) is 0 Å². The molecule has 0 unspecified atom stereocenters. The van der Waals surface area contributed by atoms with Crippen LogP contribution in [0.15, 0.2) is 0 Å². The van der Waals surface area contributed by atoms with Gasteiger partial charge in [-0.25, -0.2) is 0 Å². The average Bonchev–Trinajstić information content (AvgIpc) is 1.82. The molecule has 66 valence electrons. The minimum absolute atomic E-state index is 0.127. The largest absolute Gasteiger partial charge is 0.380 e. The van der Waals surface area contributed by atoms with Gasteiger partial charge in [-0.1, -0.05) is 27.7 Å². The molecule has 1 aliphatic heterocycles. The average molecular weight is 157 g/mol. The van der Waals surface area contributed by atoms with E-state index in [4.69, 9.17) is 10.5 Å². The zero-order chi connectivity index (χ0) is 8.70. The van der Waals surface area contributed by atoms with Crippen molar-refractivity contribution in [3.8, 4) is 0 Å². The number of hydrogen-bond acceptors (Lipinski definition) is 2. The van der Waals surface area contributed by atoms with Crippen LogP contribution in [-0.2, 0) is 4.74 Å². The SMILES string of the molecule is CC1(C)COCC(C)(C)C1N. The molecule has 1 rings (SSSR count). The minimum atomic E-state index is 0.127. The molecular weight excluding hydrogens is 138 g/mol. The molecule has 2 nitrogen and oxygen atoms in total. The van der Waals surface area contributed by atoms with Crippen LogP contribution in [0.4, 0.5) is 0 Å². The zero-order valence-corrected chi connectivity index (χ0v) is 7.98. The molecule has 0 atom stereocenters. The summed E-state index contributed by atoms with van der Waals surface area (Å²) in [7, 11) is 0. The minimum Gasteiger partial charge on any atom is -0.380 e. The van der Waals surface area contributed by atoms with Crippen LogP contribution < -0.4 is 5.73 Å². The quantitative estimate of drug-likeness (QED) is 0.577. The number of hydrogen-bond donors (Lipinski definition) is 1. The Morgan fingerprint density at radius 1 is 1.09 bits per heavy atom. The Labute approximate surface area is 69.1 Å². The van der Waals surface area contributed by atoms with E-state index in [-0.39, 0.29) is 16.9 Å². The second-order valence-corrected chi connectivity index (χ2v) is 4.95. The summed E-state index contributed by atoms with van der Waals surface area (Å²) in [5.74, 6) is 0. The third-order valence-corrected chi connectivity index (χ3v) is 2.63. The van der Waals surface area contributed by atoms with Gasteiger partial charge < -0.3 is 10.5 Å². The molecule has 2 heteroatoms. The van der Waals surface area contributed by atoms with Gasteiger partial charge in [0.25, 0.3) is 0 Å². The van der Waals surface area contributed by atoms with Gasteiger partial charge in [0.1, 0.15) is 0 Å². The summed E-state index contributed by atoms with van der Waals surface area (Å²) in [5, 5.41) is 0. The maximum Gasteiger partial charge on any atom is 0.0532 e. The molecule has 0 radical (unpaired) electrons. The third-order valence-electron chi connectivity index (χ3n) is 2.63. The number of ether oxygens (including phenoxy) is 1. The third kappa shape index (κ3) is 1.57. The highest BCUT2D eigenvalue weighted by Gasteiger charge is 2.42. The maximum absolute atomic E-state index is 6.11. The molecule has 0 aromatic rings. The van der Waals surface area contributed by atoms with Crippen LogP contribution >= 0.6 is 0 Å². The van der Waals surface area contributed by atoms with Gasteiger partial charge >= 0.3 is 0 Å². The Bertz CT molecular complexity index is 136. The predicted octanol–water partition coefficient (Wildman–Crippen LogP) is 1.40. The molecule has 0 aliphatic carbocycles. The molecule has 0 aromatic heterocycles. The number of rotatable bonds is 0. The lowest BCUT2D eigenvalue weighted by Crippen LogP contribution is -2.56. The smallest absolute Gasteiger partial charge is 0.0532 e. The van der Waals surface area contributed by atoms with Crippen LogP contribution in [0.5, 0.6) is 0 Å². The first-order valence-corrected chi connectivity index (χ1v) is 4.20. The lowest BCUT2D eigenvalue weighted by atomic mass is 9.69. The molecule has 1 fully saturated rings. The van der Waals surface area contributed by atoms with E-state index in [9.17, 15) is 0 Å². The van der Waals surface area contributed by atoms with E-state index in [0.717, 1.165) is 13.2 Å². The zero-order valence-electron chi connectivity index (χ0n) is 7.98. The van der Waals surface area contributed by atoms with Crippen molar-refractivity contribution in [1.82, 2.24) is 0 Å². The Kier molecular flexibility index (Phi) is 2.01. The molecule has 0 amide bonds. The highest BCUT2D eigenvalue weighted by molar-refractivity contribution is 4.95. The van der Waals surface area contributed by atoms with Gasteiger partial charge in [-0.15, -0.1) is 0 Å². The highest BCUT2D eigenvalue weighted by atomic mass is 16.5. The highest BCUT2D eigenvalue weighted by Crippen LogP contribution is 2.37. The lowest BCUT2D eigenvalue weighted by Gasteiger charge is -2.46. The van der Waals surface area contributed by atoms with E-state index in [1.54, 1.807) is 0 Å². The standard InChI is InChI=1S/C9H19NO/c1-8(2)5-11-6-9(3,4)7(8)10/h7H,5-6,10H2,1-4H3. The Balaban J connectivity index is 2.76. The molecule has 0 bridgehead atoms. The van der Waals surface area contributed by atoms with Gasteiger partial charge in [0.2, 0.25) is 0 Å². The maximum atomic E-state index is 6.11. The van der Waals surface area contributed by atoms with Crippen molar-refractivity contribution in [2.24, 2.45) is 16.6 Å². The second kappa shape index (κ2) is 2.46. The Morgan fingerprint density at radius 3 is 1.73 bits per heavy atom. The normalized spacial score (nSPS) is 30.3. The van der Waals surface area contributed by atoms with Crippen LogP contribution in [0.25, 0.3) is 0 Å². The Hall–Kier alpha value is -0.0800. The van der Waals surface area contributed by atoms with Crippen molar-refractivity contribution in [3.63, 3.8) is 0 Å². The summed E-state index contributed by atoms with van der Waals surface area (Å²) in [5.41, 5.74) is 6.36. The van der Waals surface area contributed by atoms with Crippen LogP contribution in [0.1, 0.15) is 27.7 Å². The van der Waals surface area contributed by atoms with E-state index >= 15 is 0 Å².